The van der Waals surface area contributed by atoms with Crippen LogP contribution in [0.2, 0.25) is 0 Å². The van der Waals surface area contributed by atoms with Gasteiger partial charge in [-0.2, -0.15) is 0 Å². The fourth-order valence-electron chi connectivity index (χ4n) is 2.17. The van der Waals surface area contributed by atoms with Gasteiger partial charge in [0.1, 0.15) is 5.69 Å². The van der Waals surface area contributed by atoms with Gasteiger partial charge in [-0.15, -0.1) is 11.3 Å². The molecule has 1 aromatic heterocycles. The molecule has 6 heteroatoms. The molecule has 0 bridgehead atoms. The first kappa shape index (κ1) is 13.4. The molecule has 0 radical (unpaired) electrons. The quantitative estimate of drug-likeness (QED) is 0.627. The molecule has 1 aliphatic rings. The highest BCUT2D eigenvalue weighted by Crippen LogP contribution is 2.45. The summed E-state index contributed by atoms with van der Waals surface area (Å²) in [6.07, 6.45) is 1.85. The highest BCUT2D eigenvalue weighted by Gasteiger charge is 2.34. The summed E-state index contributed by atoms with van der Waals surface area (Å²) in [7, 11) is 0. The minimum atomic E-state index is -1.40. The molecule has 1 fully saturated rings. The van der Waals surface area contributed by atoms with Crippen LogP contribution in [0.3, 0.4) is 0 Å². The normalized spacial score (nSPS) is 16.2. The molecule has 1 heterocycles. The van der Waals surface area contributed by atoms with Gasteiger partial charge in [-0.05, 0) is 30.2 Å². The Balaban J connectivity index is 1.97. The van der Waals surface area contributed by atoms with Gasteiger partial charge < -0.3 is 5.32 Å². The van der Waals surface area contributed by atoms with E-state index in [1.54, 1.807) is 0 Å². The number of benzene rings is 1. The van der Waals surface area contributed by atoms with Crippen LogP contribution in [-0.2, 0) is 0 Å². The van der Waals surface area contributed by atoms with Gasteiger partial charge in [0.15, 0.2) is 23.3 Å². The van der Waals surface area contributed by atoms with Crippen LogP contribution in [0.4, 0.5) is 23.2 Å². The second-order valence-corrected chi connectivity index (χ2v) is 5.80. The molecule has 1 nitrogen and oxygen atoms in total. The summed E-state index contributed by atoms with van der Waals surface area (Å²) >= 11 is 1.44. The summed E-state index contributed by atoms with van der Waals surface area (Å²) < 4.78 is 53.8. The highest BCUT2D eigenvalue weighted by atomic mass is 32.1. The van der Waals surface area contributed by atoms with Gasteiger partial charge in [-0.1, -0.05) is 6.07 Å². The minimum absolute atomic E-state index is 0.215. The molecular formula is C14H11F4NS. The topological polar surface area (TPSA) is 12.0 Å². The third-order valence-electron chi connectivity index (χ3n) is 3.35. The molecule has 1 N–H and O–H groups in total. The van der Waals surface area contributed by atoms with Crippen LogP contribution in [-0.4, -0.2) is 0 Å². The van der Waals surface area contributed by atoms with Crippen molar-refractivity contribution in [3.8, 4) is 0 Å². The van der Waals surface area contributed by atoms with Crippen molar-refractivity contribution in [3.63, 3.8) is 0 Å². The Morgan fingerprint density at radius 3 is 2.25 bits per heavy atom. The van der Waals surface area contributed by atoms with Gasteiger partial charge in [0.25, 0.3) is 0 Å². The molecule has 20 heavy (non-hydrogen) atoms. The van der Waals surface area contributed by atoms with Gasteiger partial charge in [-0.25, -0.2) is 17.6 Å². The number of halogens is 4. The van der Waals surface area contributed by atoms with E-state index in [4.69, 9.17) is 0 Å². The molecule has 0 saturated heterocycles. The fraction of sp³-hybridized carbons (Fsp3) is 0.286. The minimum Gasteiger partial charge on any atom is -0.372 e. The van der Waals surface area contributed by atoms with Crippen LogP contribution in [0, 0.1) is 29.2 Å². The van der Waals surface area contributed by atoms with E-state index in [-0.39, 0.29) is 18.0 Å². The molecule has 0 aliphatic heterocycles. The van der Waals surface area contributed by atoms with E-state index < -0.39 is 29.0 Å². The van der Waals surface area contributed by atoms with E-state index in [1.165, 1.54) is 11.3 Å². The third kappa shape index (κ3) is 2.40. The van der Waals surface area contributed by atoms with E-state index in [0.717, 1.165) is 17.7 Å². The smallest absolute Gasteiger partial charge is 0.185 e. The molecule has 3 rings (SSSR count). The Morgan fingerprint density at radius 1 is 1.10 bits per heavy atom. The summed E-state index contributed by atoms with van der Waals surface area (Å²) in [6, 6.07) is 3.56. The Kier molecular flexibility index (Phi) is 3.41. The van der Waals surface area contributed by atoms with Crippen LogP contribution < -0.4 is 5.32 Å². The van der Waals surface area contributed by atoms with Crippen molar-refractivity contribution in [1.82, 2.24) is 0 Å². The van der Waals surface area contributed by atoms with Gasteiger partial charge >= 0.3 is 0 Å². The summed E-state index contributed by atoms with van der Waals surface area (Å²) in [5.74, 6) is -5.32. The Morgan fingerprint density at radius 2 is 1.75 bits per heavy atom. The zero-order chi connectivity index (χ0) is 14.3. The van der Waals surface area contributed by atoms with Crippen molar-refractivity contribution >= 4 is 17.0 Å². The maximum absolute atomic E-state index is 13.7. The maximum atomic E-state index is 13.7. The molecule has 1 atom stereocenters. The Hall–Kier alpha value is -1.56. The lowest BCUT2D eigenvalue weighted by molar-refractivity contribution is 0.455. The van der Waals surface area contributed by atoms with Crippen LogP contribution in [0.1, 0.15) is 23.8 Å². The predicted molar refractivity (Wildman–Crippen MR) is 69.7 cm³/mol. The molecule has 0 spiro atoms. The van der Waals surface area contributed by atoms with E-state index in [0.29, 0.717) is 0 Å². The van der Waals surface area contributed by atoms with Crippen molar-refractivity contribution in [1.29, 1.82) is 0 Å². The van der Waals surface area contributed by atoms with Gasteiger partial charge in [0, 0.05) is 10.9 Å². The first-order chi connectivity index (χ1) is 9.58. The predicted octanol–water partition coefficient (Wildman–Crippen LogP) is 4.87. The molecule has 1 unspecified atom stereocenters. The number of rotatable bonds is 4. The maximum Gasteiger partial charge on any atom is 0.185 e. The lowest BCUT2D eigenvalue weighted by Gasteiger charge is -2.19. The van der Waals surface area contributed by atoms with Crippen LogP contribution in [0.5, 0.6) is 0 Å². The Labute approximate surface area is 117 Å². The summed E-state index contributed by atoms with van der Waals surface area (Å²) in [4.78, 5) is 0.899. The van der Waals surface area contributed by atoms with Crippen LogP contribution in [0.15, 0.2) is 23.6 Å². The molecular weight excluding hydrogens is 290 g/mol. The fourth-order valence-corrected chi connectivity index (χ4v) is 3.04. The van der Waals surface area contributed by atoms with Crippen molar-refractivity contribution < 1.29 is 17.6 Å². The number of anilines is 1. The van der Waals surface area contributed by atoms with Crippen molar-refractivity contribution in [3.05, 3.63) is 51.7 Å². The lowest BCUT2D eigenvalue weighted by Crippen LogP contribution is -2.15. The standard InChI is InChI=1S/C14H11F4NS/c15-8-6-9(16)12(18)14(11(8)17)19-13(7-3-4-7)10-2-1-5-20-10/h1-2,5-7,13,19H,3-4H2. The summed E-state index contributed by atoms with van der Waals surface area (Å²) in [5, 5.41) is 4.49. The zero-order valence-corrected chi connectivity index (χ0v) is 11.1. The SMILES string of the molecule is Fc1cc(F)c(F)c(NC(c2cccs2)C2CC2)c1F. The largest absolute Gasteiger partial charge is 0.372 e. The average Bonchev–Trinajstić information content (AvgIpc) is 3.11. The zero-order valence-electron chi connectivity index (χ0n) is 10.3. The third-order valence-corrected chi connectivity index (χ3v) is 4.31. The highest BCUT2D eigenvalue weighted by molar-refractivity contribution is 7.10. The lowest BCUT2D eigenvalue weighted by atomic mass is 10.1. The second kappa shape index (κ2) is 5.09. The molecule has 1 aliphatic carbocycles. The van der Waals surface area contributed by atoms with Crippen molar-refractivity contribution in [2.75, 3.05) is 5.32 Å². The first-order valence-electron chi connectivity index (χ1n) is 6.21. The van der Waals surface area contributed by atoms with Gasteiger partial charge in [0.2, 0.25) is 0 Å². The number of hydrogen-bond acceptors (Lipinski definition) is 2. The number of hydrogen-bond donors (Lipinski definition) is 1. The van der Waals surface area contributed by atoms with Gasteiger partial charge in [-0.3, -0.25) is 0 Å². The number of nitrogens with one attached hydrogen (secondary N) is 1. The van der Waals surface area contributed by atoms with Crippen LogP contribution in [0.25, 0.3) is 0 Å². The van der Waals surface area contributed by atoms with Crippen LogP contribution >= 0.6 is 11.3 Å². The number of thiophene rings is 1. The van der Waals surface area contributed by atoms with Crippen molar-refractivity contribution in [2.45, 2.75) is 18.9 Å². The monoisotopic (exact) mass is 301 g/mol. The molecule has 1 aromatic carbocycles. The molecule has 0 amide bonds. The van der Waals surface area contributed by atoms with Crippen molar-refractivity contribution in [2.24, 2.45) is 5.92 Å². The summed E-state index contributed by atoms with van der Waals surface area (Å²) in [5.41, 5.74) is -0.729. The molecule has 106 valence electrons. The second-order valence-electron chi connectivity index (χ2n) is 4.82. The Bertz CT molecular complexity index is 596. The van der Waals surface area contributed by atoms with Gasteiger partial charge in [0.05, 0.1) is 6.04 Å². The summed E-state index contributed by atoms with van der Waals surface area (Å²) in [6.45, 7) is 0. The van der Waals surface area contributed by atoms with E-state index in [2.05, 4.69) is 5.32 Å². The van der Waals surface area contributed by atoms with E-state index >= 15 is 0 Å². The van der Waals surface area contributed by atoms with E-state index in [1.807, 2.05) is 17.5 Å². The molecule has 1 saturated carbocycles. The molecule has 2 aromatic rings. The van der Waals surface area contributed by atoms with E-state index in [9.17, 15) is 17.6 Å². The average molecular weight is 301 g/mol. The first-order valence-corrected chi connectivity index (χ1v) is 7.09.